The Balaban J connectivity index is 1.76. The van der Waals surface area contributed by atoms with Gasteiger partial charge in [0.05, 0.1) is 6.10 Å². The van der Waals surface area contributed by atoms with Gasteiger partial charge in [-0.2, -0.15) is 0 Å². The molecule has 2 aliphatic carbocycles. The summed E-state index contributed by atoms with van der Waals surface area (Å²) < 4.78 is 10.8. The Hall–Kier alpha value is -1.81. The molecule has 1 aromatic rings. The smallest absolute Gasteiger partial charge is 0.231 e. The van der Waals surface area contributed by atoms with E-state index < -0.39 is 6.10 Å². The Morgan fingerprint density at radius 2 is 2.04 bits per heavy atom. The third kappa shape index (κ3) is 2.45. The molecule has 1 aliphatic heterocycles. The maximum absolute atomic E-state index is 12.4. The van der Waals surface area contributed by atoms with E-state index in [1.807, 2.05) is 24.3 Å². The molecule has 4 atom stereocenters. The van der Waals surface area contributed by atoms with Crippen LogP contribution in [0.5, 0.6) is 11.5 Å². The molecular weight excluding hydrogens is 292 g/mol. The molecule has 1 saturated carbocycles. The van der Waals surface area contributed by atoms with E-state index in [-0.39, 0.29) is 30.3 Å². The van der Waals surface area contributed by atoms with Crippen molar-refractivity contribution in [3.05, 3.63) is 35.4 Å². The predicted octanol–water partition coefficient (Wildman–Crippen LogP) is 3.20. The van der Waals surface area contributed by atoms with Crippen LogP contribution in [0.3, 0.4) is 0 Å². The van der Waals surface area contributed by atoms with Crippen LogP contribution in [-0.4, -0.2) is 23.8 Å². The first-order chi connectivity index (χ1) is 11.1. The molecule has 0 radical (unpaired) electrons. The highest BCUT2D eigenvalue weighted by molar-refractivity contribution is 5.81. The molecule has 1 N–H and O–H groups in total. The summed E-state index contributed by atoms with van der Waals surface area (Å²) in [6.45, 7) is 1.89. The average Bonchev–Trinajstić information content (AvgIpc) is 3.00. The first-order valence-electron chi connectivity index (χ1n) is 8.44. The monoisotopic (exact) mass is 314 g/mol. The summed E-state index contributed by atoms with van der Waals surface area (Å²) in [4.78, 5) is 12.4. The van der Waals surface area contributed by atoms with Crippen molar-refractivity contribution < 1.29 is 19.4 Å². The third-order valence-electron chi connectivity index (χ3n) is 5.53. The molecule has 0 saturated heterocycles. The Labute approximate surface area is 136 Å². The van der Waals surface area contributed by atoms with Crippen molar-refractivity contribution >= 4 is 5.78 Å². The molecule has 0 amide bonds. The summed E-state index contributed by atoms with van der Waals surface area (Å²) in [7, 11) is 0. The lowest BCUT2D eigenvalue weighted by Crippen LogP contribution is -2.40. The van der Waals surface area contributed by atoms with Crippen LogP contribution >= 0.6 is 0 Å². The van der Waals surface area contributed by atoms with Gasteiger partial charge in [-0.25, -0.2) is 0 Å². The normalized spacial score (nSPS) is 32.2. The van der Waals surface area contributed by atoms with Crippen molar-refractivity contribution in [2.45, 2.75) is 44.6 Å². The van der Waals surface area contributed by atoms with Crippen LogP contribution in [0.2, 0.25) is 0 Å². The number of carbonyl (C=O) groups is 1. The molecule has 1 aromatic carbocycles. The summed E-state index contributed by atoms with van der Waals surface area (Å²) in [6, 6.07) is 5.76. The predicted molar refractivity (Wildman–Crippen MR) is 85.5 cm³/mol. The maximum Gasteiger partial charge on any atom is 0.231 e. The van der Waals surface area contributed by atoms with Crippen LogP contribution in [0.15, 0.2) is 29.8 Å². The first-order valence-corrected chi connectivity index (χ1v) is 8.44. The van der Waals surface area contributed by atoms with Crippen LogP contribution in [0.1, 0.15) is 44.1 Å². The number of aliphatic hydroxyl groups excluding tert-OH is 1. The number of Topliss-reactive ketones (excluding diaryl/α,β-unsaturated/α-hetero) is 1. The zero-order valence-electron chi connectivity index (χ0n) is 13.3. The molecule has 4 rings (SSSR count). The van der Waals surface area contributed by atoms with Gasteiger partial charge in [0.2, 0.25) is 6.79 Å². The molecule has 4 nitrogen and oxygen atoms in total. The quantitative estimate of drug-likeness (QED) is 0.852. The minimum absolute atomic E-state index is 0.148. The summed E-state index contributed by atoms with van der Waals surface area (Å²) in [5.74, 6) is 1.53. The van der Waals surface area contributed by atoms with Gasteiger partial charge in [-0.15, -0.1) is 0 Å². The zero-order valence-corrected chi connectivity index (χ0v) is 13.3. The van der Waals surface area contributed by atoms with E-state index >= 15 is 0 Å². The van der Waals surface area contributed by atoms with Gasteiger partial charge in [-0.1, -0.05) is 24.1 Å². The number of allylic oxidation sites excluding steroid dienone is 1. The van der Waals surface area contributed by atoms with Crippen molar-refractivity contribution in [2.24, 2.45) is 11.8 Å². The lowest BCUT2D eigenvalue weighted by Gasteiger charge is -2.42. The molecule has 3 aliphatic rings. The van der Waals surface area contributed by atoms with E-state index in [0.717, 1.165) is 37.0 Å². The second-order valence-corrected chi connectivity index (χ2v) is 6.86. The van der Waals surface area contributed by atoms with Gasteiger partial charge < -0.3 is 14.6 Å². The van der Waals surface area contributed by atoms with Crippen LogP contribution in [0.4, 0.5) is 0 Å². The number of benzene rings is 1. The van der Waals surface area contributed by atoms with E-state index in [0.29, 0.717) is 5.75 Å². The highest BCUT2D eigenvalue weighted by atomic mass is 16.7. The number of ketones is 1. The summed E-state index contributed by atoms with van der Waals surface area (Å²) in [5, 5.41) is 10.7. The van der Waals surface area contributed by atoms with Crippen LogP contribution < -0.4 is 9.47 Å². The van der Waals surface area contributed by atoms with Crippen molar-refractivity contribution in [3.8, 4) is 11.5 Å². The van der Waals surface area contributed by atoms with Crippen LogP contribution in [-0.2, 0) is 4.79 Å². The van der Waals surface area contributed by atoms with Crippen molar-refractivity contribution in [1.82, 2.24) is 0 Å². The van der Waals surface area contributed by atoms with E-state index in [9.17, 15) is 9.90 Å². The average molecular weight is 314 g/mol. The zero-order chi connectivity index (χ0) is 16.0. The van der Waals surface area contributed by atoms with Gasteiger partial charge in [-0.3, -0.25) is 4.79 Å². The Kier molecular flexibility index (Phi) is 3.64. The van der Waals surface area contributed by atoms with Gasteiger partial charge >= 0.3 is 0 Å². The van der Waals surface area contributed by atoms with Crippen molar-refractivity contribution in [3.63, 3.8) is 0 Å². The number of hydrogen-bond donors (Lipinski definition) is 1. The molecule has 1 heterocycles. The number of carbonyl (C=O) groups excluding carboxylic acids is 1. The first kappa shape index (κ1) is 14.8. The van der Waals surface area contributed by atoms with Crippen molar-refractivity contribution in [1.29, 1.82) is 0 Å². The fourth-order valence-electron chi connectivity index (χ4n) is 4.53. The van der Waals surface area contributed by atoms with Gasteiger partial charge in [0.1, 0.15) is 5.78 Å². The Morgan fingerprint density at radius 1 is 1.22 bits per heavy atom. The van der Waals surface area contributed by atoms with Gasteiger partial charge in [0.15, 0.2) is 11.5 Å². The highest BCUT2D eigenvalue weighted by Crippen LogP contribution is 2.48. The molecule has 0 bridgehead atoms. The largest absolute Gasteiger partial charge is 0.454 e. The lowest BCUT2D eigenvalue weighted by atomic mass is 9.63. The van der Waals surface area contributed by atoms with Crippen LogP contribution in [0, 0.1) is 11.8 Å². The van der Waals surface area contributed by atoms with E-state index in [1.54, 1.807) is 6.92 Å². The fraction of sp³-hybridized carbons (Fsp3) is 0.526. The molecule has 1 fully saturated rings. The minimum Gasteiger partial charge on any atom is -0.454 e. The SMILES string of the molecule is CC(=O)[C@H]1[C@@H](c2ccc3c(c2)OCO3)[C@H](O)C=C2CCCC[C@@H]21. The summed E-state index contributed by atoms with van der Waals surface area (Å²) >= 11 is 0. The summed E-state index contributed by atoms with van der Waals surface area (Å²) in [5.41, 5.74) is 2.24. The van der Waals surface area contributed by atoms with Gasteiger partial charge in [0, 0.05) is 11.8 Å². The molecule has 0 spiro atoms. The molecule has 0 unspecified atom stereocenters. The van der Waals surface area contributed by atoms with Gasteiger partial charge in [0.25, 0.3) is 0 Å². The summed E-state index contributed by atoms with van der Waals surface area (Å²) in [6.07, 6.45) is 5.76. The molecule has 0 aromatic heterocycles. The Bertz CT molecular complexity index is 663. The number of hydrogen-bond acceptors (Lipinski definition) is 4. The lowest BCUT2D eigenvalue weighted by molar-refractivity contribution is -0.124. The number of rotatable bonds is 2. The number of ether oxygens (including phenoxy) is 2. The second-order valence-electron chi connectivity index (χ2n) is 6.86. The third-order valence-corrected chi connectivity index (χ3v) is 5.53. The number of aliphatic hydroxyl groups is 1. The number of fused-ring (bicyclic) bond motifs is 2. The standard InChI is InChI=1S/C19H22O4/c1-11(20)18-14-5-3-2-4-12(14)8-15(21)19(18)13-6-7-16-17(9-13)23-10-22-16/h6-9,14-15,18-19,21H,2-5,10H2,1H3/t14-,15+,18+,19-/m0/s1. The van der Waals surface area contributed by atoms with Crippen LogP contribution in [0.25, 0.3) is 0 Å². The molecule has 4 heteroatoms. The van der Waals surface area contributed by atoms with E-state index in [1.165, 1.54) is 5.57 Å². The van der Waals surface area contributed by atoms with Gasteiger partial charge in [-0.05, 0) is 49.8 Å². The highest BCUT2D eigenvalue weighted by Gasteiger charge is 2.43. The molecule has 122 valence electrons. The topological polar surface area (TPSA) is 55.8 Å². The molecular formula is C19H22O4. The maximum atomic E-state index is 12.4. The minimum atomic E-state index is -0.617. The van der Waals surface area contributed by atoms with E-state index in [2.05, 4.69) is 0 Å². The van der Waals surface area contributed by atoms with Crippen molar-refractivity contribution in [2.75, 3.05) is 6.79 Å². The molecule has 23 heavy (non-hydrogen) atoms. The fourth-order valence-corrected chi connectivity index (χ4v) is 4.53. The second kappa shape index (κ2) is 5.68. The van der Waals surface area contributed by atoms with E-state index in [4.69, 9.17) is 9.47 Å². The Morgan fingerprint density at radius 3 is 2.87 bits per heavy atom.